The lowest BCUT2D eigenvalue weighted by Gasteiger charge is -2.35. The zero-order chi connectivity index (χ0) is 15.3. The van der Waals surface area contributed by atoms with Crippen molar-refractivity contribution in [2.45, 2.75) is 65.8 Å². The minimum atomic E-state index is -0.853. The lowest BCUT2D eigenvalue weighted by molar-refractivity contribution is -0.139. The SMILES string of the molecule is CCC(CC)(C(=O)N(CCC(C)C)C1CC1)C(N)=NO. The molecule has 1 aliphatic carbocycles. The third-order valence-corrected chi connectivity index (χ3v) is 4.41. The molecule has 116 valence electrons. The zero-order valence-electron chi connectivity index (χ0n) is 13.2. The van der Waals surface area contributed by atoms with Crippen LogP contribution < -0.4 is 5.73 Å². The molecule has 0 heterocycles. The Morgan fingerprint density at radius 1 is 1.40 bits per heavy atom. The Balaban J connectivity index is 2.95. The smallest absolute Gasteiger partial charge is 0.236 e. The predicted molar refractivity (Wildman–Crippen MR) is 80.6 cm³/mol. The van der Waals surface area contributed by atoms with Crippen LogP contribution in [0.5, 0.6) is 0 Å². The fraction of sp³-hybridized carbons (Fsp3) is 0.867. The maximum atomic E-state index is 13.0. The molecule has 0 aromatic carbocycles. The lowest BCUT2D eigenvalue weighted by Crippen LogP contribution is -2.52. The van der Waals surface area contributed by atoms with E-state index in [0.29, 0.717) is 24.8 Å². The third-order valence-electron chi connectivity index (χ3n) is 4.41. The second-order valence-corrected chi connectivity index (χ2v) is 6.19. The van der Waals surface area contributed by atoms with E-state index in [9.17, 15) is 4.79 Å². The van der Waals surface area contributed by atoms with E-state index in [4.69, 9.17) is 10.9 Å². The van der Waals surface area contributed by atoms with Crippen LogP contribution in [-0.4, -0.2) is 34.4 Å². The topological polar surface area (TPSA) is 78.9 Å². The average Bonchev–Trinajstić information content (AvgIpc) is 3.25. The summed E-state index contributed by atoms with van der Waals surface area (Å²) >= 11 is 0. The van der Waals surface area contributed by atoms with E-state index >= 15 is 0 Å². The number of oxime groups is 1. The molecule has 0 spiro atoms. The van der Waals surface area contributed by atoms with Gasteiger partial charge in [-0.2, -0.15) is 0 Å². The maximum Gasteiger partial charge on any atom is 0.236 e. The van der Waals surface area contributed by atoms with Gasteiger partial charge in [-0.1, -0.05) is 32.9 Å². The van der Waals surface area contributed by atoms with Gasteiger partial charge in [0.25, 0.3) is 0 Å². The first-order valence-electron chi connectivity index (χ1n) is 7.72. The van der Waals surface area contributed by atoms with E-state index in [0.717, 1.165) is 25.8 Å². The Bertz CT molecular complexity index is 358. The molecule has 1 aliphatic rings. The van der Waals surface area contributed by atoms with E-state index in [-0.39, 0.29) is 11.7 Å². The van der Waals surface area contributed by atoms with Crippen LogP contribution in [0.25, 0.3) is 0 Å². The second kappa shape index (κ2) is 6.95. The van der Waals surface area contributed by atoms with E-state index in [2.05, 4.69) is 19.0 Å². The molecule has 0 bridgehead atoms. The van der Waals surface area contributed by atoms with Crippen molar-refractivity contribution >= 4 is 11.7 Å². The normalized spacial score (nSPS) is 16.6. The molecule has 0 unspecified atom stereocenters. The predicted octanol–water partition coefficient (Wildman–Crippen LogP) is 2.58. The van der Waals surface area contributed by atoms with Crippen molar-refractivity contribution in [2.24, 2.45) is 22.2 Å². The number of carbonyl (C=O) groups excluding carboxylic acids is 1. The Kier molecular flexibility index (Phi) is 5.84. The number of hydrogen-bond acceptors (Lipinski definition) is 3. The first kappa shape index (κ1) is 16.8. The molecule has 20 heavy (non-hydrogen) atoms. The van der Waals surface area contributed by atoms with Gasteiger partial charge in [0.15, 0.2) is 5.84 Å². The summed E-state index contributed by atoms with van der Waals surface area (Å²) in [6.07, 6.45) is 4.25. The van der Waals surface area contributed by atoms with E-state index in [1.807, 2.05) is 18.7 Å². The summed E-state index contributed by atoms with van der Waals surface area (Å²) in [5.41, 5.74) is 4.99. The van der Waals surface area contributed by atoms with Gasteiger partial charge in [0.1, 0.15) is 5.41 Å². The molecule has 0 aliphatic heterocycles. The summed E-state index contributed by atoms with van der Waals surface area (Å²) in [5, 5.41) is 12.2. The number of rotatable bonds is 8. The van der Waals surface area contributed by atoms with Crippen molar-refractivity contribution in [3.05, 3.63) is 0 Å². The van der Waals surface area contributed by atoms with Crippen LogP contribution in [0.3, 0.4) is 0 Å². The number of amides is 1. The first-order valence-corrected chi connectivity index (χ1v) is 7.72. The Morgan fingerprint density at radius 2 is 1.95 bits per heavy atom. The van der Waals surface area contributed by atoms with Crippen molar-refractivity contribution in [3.63, 3.8) is 0 Å². The molecule has 0 radical (unpaired) electrons. The molecule has 3 N–H and O–H groups in total. The van der Waals surface area contributed by atoms with Gasteiger partial charge >= 0.3 is 0 Å². The molecular formula is C15H29N3O2. The molecule has 1 rings (SSSR count). The molecule has 1 amide bonds. The monoisotopic (exact) mass is 283 g/mol. The van der Waals surface area contributed by atoms with Gasteiger partial charge in [-0.05, 0) is 38.0 Å². The molecule has 0 atom stereocenters. The van der Waals surface area contributed by atoms with Crippen molar-refractivity contribution in [1.29, 1.82) is 0 Å². The average molecular weight is 283 g/mol. The minimum Gasteiger partial charge on any atom is -0.409 e. The minimum absolute atomic E-state index is 0.0287. The van der Waals surface area contributed by atoms with E-state index in [1.54, 1.807) is 0 Å². The molecule has 5 heteroatoms. The van der Waals surface area contributed by atoms with Crippen LogP contribution in [0.4, 0.5) is 0 Å². The quantitative estimate of drug-likeness (QED) is 0.311. The van der Waals surface area contributed by atoms with Crippen LogP contribution in [0, 0.1) is 11.3 Å². The third kappa shape index (κ3) is 3.44. The van der Waals surface area contributed by atoms with E-state index < -0.39 is 5.41 Å². The molecule has 0 aromatic heterocycles. The molecule has 0 aromatic rings. The molecule has 5 nitrogen and oxygen atoms in total. The van der Waals surface area contributed by atoms with Crippen molar-refractivity contribution in [1.82, 2.24) is 4.90 Å². The number of nitrogens with two attached hydrogens (primary N) is 1. The Morgan fingerprint density at radius 3 is 2.30 bits per heavy atom. The number of nitrogens with zero attached hydrogens (tertiary/aromatic N) is 2. The summed E-state index contributed by atoms with van der Waals surface area (Å²) in [6, 6.07) is 0.352. The largest absolute Gasteiger partial charge is 0.409 e. The highest BCUT2D eigenvalue weighted by Crippen LogP contribution is 2.35. The fourth-order valence-electron chi connectivity index (χ4n) is 2.63. The van der Waals surface area contributed by atoms with Crippen LogP contribution in [0.1, 0.15) is 59.8 Å². The summed E-state index contributed by atoms with van der Waals surface area (Å²) in [6.45, 7) is 8.93. The lowest BCUT2D eigenvalue weighted by atomic mass is 9.79. The van der Waals surface area contributed by atoms with E-state index in [1.165, 1.54) is 0 Å². The molecule has 1 saturated carbocycles. The van der Waals surface area contributed by atoms with Gasteiger partial charge in [-0.25, -0.2) is 0 Å². The standard InChI is InChI=1S/C15H29N3O2/c1-5-15(6-2,13(16)17-20)14(19)18(12-7-8-12)10-9-11(3)4/h11-12,20H,5-10H2,1-4H3,(H2,16,17). The van der Waals surface area contributed by atoms with Gasteiger partial charge in [0.2, 0.25) is 5.91 Å². The van der Waals surface area contributed by atoms with Gasteiger partial charge in [-0.3, -0.25) is 4.79 Å². The summed E-state index contributed by atoms with van der Waals surface area (Å²) in [4.78, 5) is 14.9. The van der Waals surface area contributed by atoms with Gasteiger partial charge in [0, 0.05) is 12.6 Å². The summed E-state index contributed by atoms with van der Waals surface area (Å²) < 4.78 is 0. The van der Waals surface area contributed by atoms with Crippen molar-refractivity contribution in [3.8, 4) is 0 Å². The Hall–Kier alpha value is -1.26. The van der Waals surface area contributed by atoms with Crippen LogP contribution in [-0.2, 0) is 4.79 Å². The van der Waals surface area contributed by atoms with Gasteiger partial charge in [0.05, 0.1) is 0 Å². The van der Waals surface area contributed by atoms with Crippen molar-refractivity contribution in [2.75, 3.05) is 6.54 Å². The van der Waals surface area contributed by atoms with Gasteiger partial charge in [-0.15, -0.1) is 0 Å². The highest BCUT2D eigenvalue weighted by molar-refractivity contribution is 6.06. The van der Waals surface area contributed by atoms with Crippen LogP contribution in [0.15, 0.2) is 5.16 Å². The highest BCUT2D eigenvalue weighted by Gasteiger charge is 2.46. The Labute approximate surface area is 122 Å². The number of amidine groups is 1. The zero-order valence-corrected chi connectivity index (χ0v) is 13.2. The molecular weight excluding hydrogens is 254 g/mol. The summed E-state index contributed by atoms with van der Waals surface area (Å²) in [5.74, 6) is 0.634. The maximum absolute atomic E-state index is 13.0. The second-order valence-electron chi connectivity index (χ2n) is 6.19. The van der Waals surface area contributed by atoms with Gasteiger partial charge < -0.3 is 15.8 Å². The molecule has 0 saturated heterocycles. The number of hydrogen-bond donors (Lipinski definition) is 2. The van der Waals surface area contributed by atoms with Crippen molar-refractivity contribution < 1.29 is 10.0 Å². The fourth-order valence-corrected chi connectivity index (χ4v) is 2.63. The molecule has 1 fully saturated rings. The number of carbonyl (C=O) groups is 1. The van der Waals surface area contributed by atoms with Crippen LogP contribution >= 0.6 is 0 Å². The first-order chi connectivity index (χ1) is 9.42. The van der Waals surface area contributed by atoms with Crippen LogP contribution in [0.2, 0.25) is 0 Å². The summed E-state index contributed by atoms with van der Waals surface area (Å²) in [7, 11) is 0. The highest BCUT2D eigenvalue weighted by atomic mass is 16.4.